The highest BCUT2D eigenvalue weighted by molar-refractivity contribution is 5.79. The number of pyridine rings is 2. The van der Waals surface area contributed by atoms with Crippen LogP contribution in [0.1, 0.15) is 78.2 Å². The number of ether oxygens (including phenoxy) is 1. The third kappa shape index (κ3) is 3.17. The van der Waals surface area contributed by atoms with E-state index in [-0.39, 0.29) is 31.3 Å². The van der Waals surface area contributed by atoms with Gasteiger partial charge in [-0.1, -0.05) is 0 Å². The van der Waals surface area contributed by atoms with E-state index in [1.807, 2.05) is 39.0 Å². The Kier molecular flexibility index (Phi) is 4.63. The second-order valence-corrected chi connectivity index (χ2v) is 10.6. The predicted molar refractivity (Wildman–Crippen MR) is 120 cm³/mol. The first-order valence-corrected chi connectivity index (χ1v) is 11.9. The van der Waals surface area contributed by atoms with Crippen molar-refractivity contribution in [3.05, 3.63) is 58.4 Å². The summed E-state index contributed by atoms with van der Waals surface area (Å²) in [6.45, 7) is 6.37. The van der Waals surface area contributed by atoms with Crippen LogP contribution in [0.15, 0.2) is 24.4 Å². The molecule has 3 aliphatic carbocycles. The Bertz CT molecular complexity index is 1290. The van der Waals surface area contributed by atoms with Crippen molar-refractivity contribution in [2.75, 3.05) is 6.61 Å². The van der Waals surface area contributed by atoms with E-state index in [0.29, 0.717) is 17.8 Å². The molecule has 0 N–H and O–H groups in total. The van der Waals surface area contributed by atoms with Crippen molar-refractivity contribution in [3.8, 4) is 0 Å². The molecule has 0 aromatic carbocycles. The molecule has 4 fully saturated rings. The topological polar surface area (TPSA) is 60.8 Å². The van der Waals surface area contributed by atoms with Crippen LogP contribution in [0.4, 0.5) is 13.2 Å². The van der Waals surface area contributed by atoms with E-state index in [2.05, 4.69) is 4.98 Å². The number of aromatic nitrogens is 4. The predicted octanol–water partition coefficient (Wildman–Crippen LogP) is 5.96. The Labute approximate surface area is 196 Å². The summed E-state index contributed by atoms with van der Waals surface area (Å²) >= 11 is 0. The van der Waals surface area contributed by atoms with Crippen LogP contribution >= 0.6 is 0 Å². The lowest BCUT2D eigenvalue weighted by Crippen LogP contribution is -2.70. The number of nitrogens with zero attached hydrogens (tertiary/aromatic N) is 4. The maximum atomic E-state index is 13.6. The fourth-order valence-corrected chi connectivity index (χ4v) is 6.23. The average Bonchev–Trinajstić information content (AvgIpc) is 2.72. The van der Waals surface area contributed by atoms with E-state index in [0.717, 1.165) is 46.7 Å². The van der Waals surface area contributed by atoms with Crippen LogP contribution in [0, 0.1) is 26.2 Å². The van der Waals surface area contributed by atoms with Gasteiger partial charge in [-0.2, -0.15) is 13.2 Å². The van der Waals surface area contributed by atoms with Gasteiger partial charge in [-0.3, -0.25) is 9.97 Å². The number of alkyl halides is 3. The van der Waals surface area contributed by atoms with Gasteiger partial charge in [-0.25, -0.2) is 9.97 Å². The zero-order chi connectivity index (χ0) is 23.9. The van der Waals surface area contributed by atoms with Crippen molar-refractivity contribution in [1.82, 2.24) is 19.9 Å². The normalized spacial score (nSPS) is 30.6. The smallest absolute Gasteiger partial charge is 0.373 e. The summed E-state index contributed by atoms with van der Waals surface area (Å²) in [5.41, 5.74) is 4.59. The van der Waals surface area contributed by atoms with Gasteiger partial charge >= 0.3 is 6.18 Å². The van der Waals surface area contributed by atoms with Gasteiger partial charge in [0, 0.05) is 35.5 Å². The van der Waals surface area contributed by atoms with E-state index in [1.165, 1.54) is 0 Å². The quantitative estimate of drug-likeness (QED) is 0.474. The first kappa shape index (κ1) is 21.9. The first-order chi connectivity index (χ1) is 16.1. The maximum absolute atomic E-state index is 13.6. The lowest BCUT2D eigenvalue weighted by molar-refractivity contribution is -0.337. The van der Waals surface area contributed by atoms with Crippen molar-refractivity contribution >= 4 is 11.0 Å². The van der Waals surface area contributed by atoms with Crippen molar-refractivity contribution in [1.29, 1.82) is 0 Å². The van der Waals surface area contributed by atoms with Gasteiger partial charge < -0.3 is 4.74 Å². The SMILES string of the molecule is Cc1cc([C@H]2C[C@H](c3cc4nc(C)c(C)nc4c([C@]45C[C@](C(F)(F)F)(C4)C5)n3)CCO2)ccn1. The van der Waals surface area contributed by atoms with E-state index >= 15 is 0 Å². The van der Waals surface area contributed by atoms with E-state index < -0.39 is 17.0 Å². The molecule has 0 spiro atoms. The van der Waals surface area contributed by atoms with E-state index in [1.54, 1.807) is 6.20 Å². The molecule has 3 aromatic heterocycles. The number of rotatable bonds is 3. The standard InChI is InChI=1S/C26H27F3N4O/c1-14-8-18(4-6-30-14)21-9-17(5-7-34-21)19-10-20-22(32-16(3)15(2)31-20)23(33-19)24-11-25(12-24,13-24)26(27,28)29/h4,6,8,10,17,21H,5,7,9,11-13H2,1-3H3/t17-,21-,24-,25+/m1/s1. The molecule has 8 heteroatoms. The molecule has 5 nitrogen and oxygen atoms in total. The molecule has 1 saturated heterocycles. The van der Waals surface area contributed by atoms with Gasteiger partial charge in [-0.05, 0) is 76.6 Å². The molecule has 178 valence electrons. The van der Waals surface area contributed by atoms with Crippen molar-refractivity contribution in [2.24, 2.45) is 5.41 Å². The zero-order valence-electron chi connectivity index (χ0n) is 19.5. The Morgan fingerprint density at radius 1 is 1.00 bits per heavy atom. The maximum Gasteiger partial charge on any atom is 0.394 e. The number of hydrogen-bond acceptors (Lipinski definition) is 5. The molecule has 0 unspecified atom stereocenters. The Hall–Kier alpha value is -2.61. The Morgan fingerprint density at radius 2 is 1.74 bits per heavy atom. The summed E-state index contributed by atoms with van der Waals surface area (Å²) < 4.78 is 46.8. The summed E-state index contributed by atoms with van der Waals surface area (Å²) in [6.07, 6.45) is -0.518. The van der Waals surface area contributed by atoms with Crippen molar-refractivity contribution in [2.45, 2.75) is 76.5 Å². The molecular formula is C26H27F3N4O. The lowest BCUT2D eigenvalue weighted by Gasteiger charge is -2.70. The first-order valence-electron chi connectivity index (χ1n) is 11.9. The van der Waals surface area contributed by atoms with E-state index in [4.69, 9.17) is 19.7 Å². The van der Waals surface area contributed by atoms with Crippen LogP contribution in [0.25, 0.3) is 11.0 Å². The van der Waals surface area contributed by atoms with E-state index in [9.17, 15) is 13.2 Å². The summed E-state index contributed by atoms with van der Waals surface area (Å²) in [6, 6.07) is 6.02. The van der Waals surface area contributed by atoms with Crippen LogP contribution in [-0.2, 0) is 10.2 Å². The van der Waals surface area contributed by atoms with Gasteiger partial charge in [0.2, 0.25) is 0 Å². The molecule has 4 aliphatic rings. The molecule has 0 amide bonds. The summed E-state index contributed by atoms with van der Waals surface area (Å²) in [5, 5.41) is 0. The van der Waals surface area contributed by atoms with Crippen LogP contribution in [0.5, 0.6) is 0 Å². The summed E-state index contributed by atoms with van der Waals surface area (Å²) in [4.78, 5) is 18.9. The third-order valence-corrected chi connectivity index (χ3v) is 8.21. The van der Waals surface area contributed by atoms with Crippen LogP contribution in [0.2, 0.25) is 0 Å². The minimum Gasteiger partial charge on any atom is -0.373 e. The van der Waals surface area contributed by atoms with Crippen LogP contribution < -0.4 is 0 Å². The molecule has 2 bridgehead atoms. The second kappa shape index (κ2) is 7.20. The molecule has 7 rings (SSSR count). The molecule has 2 atom stereocenters. The highest BCUT2D eigenvalue weighted by Gasteiger charge is 2.79. The molecule has 3 aromatic rings. The van der Waals surface area contributed by atoms with Crippen molar-refractivity contribution in [3.63, 3.8) is 0 Å². The molecule has 1 aliphatic heterocycles. The molecule has 3 saturated carbocycles. The minimum absolute atomic E-state index is 0.0596. The van der Waals surface area contributed by atoms with Gasteiger partial charge in [0.25, 0.3) is 0 Å². The van der Waals surface area contributed by atoms with Crippen LogP contribution in [-0.4, -0.2) is 32.7 Å². The van der Waals surface area contributed by atoms with Gasteiger partial charge in [0.15, 0.2) is 0 Å². The highest BCUT2D eigenvalue weighted by atomic mass is 19.4. The highest BCUT2D eigenvalue weighted by Crippen LogP contribution is 2.78. The van der Waals surface area contributed by atoms with Gasteiger partial charge in [-0.15, -0.1) is 0 Å². The largest absolute Gasteiger partial charge is 0.394 e. The number of fused-ring (bicyclic) bond motifs is 1. The summed E-state index contributed by atoms with van der Waals surface area (Å²) in [5.74, 6) is 0.141. The number of halogens is 3. The fourth-order valence-electron chi connectivity index (χ4n) is 6.23. The molecule has 0 radical (unpaired) electrons. The molecular weight excluding hydrogens is 441 g/mol. The monoisotopic (exact) mass is 468 g/mol. The molecule has 4 heterocycles. The number of aryl methyl sites for hydroxylation is 3. The summed E-state index contributed by atoms with van der Waals surface area (Å²) in [7, 11) is 0. The third-order valence-electron chi connectivity index (χ3n) is 8.21. The van der Waals surface area contributed by atoms with Crippen LogP contribution in [0.3, 0.4) is 0 Å². The minimum atomic E-state index is -4.16. The molecule has 34 heavy (non-hydrogen) atoms. The fraction of sp³-hybridized carbons (Fsp3) is 0.538. The van der Waals surface area contributed by atoms with Crippen molar-refractivity contribution < 1.29 is 17.9 Å². The Morgan fingerprint density at radius 3 is 2.44 bits per heavy atom. The Balaban J connectivity index is 1.39. The van der Waals surface area contributed by atoms with Gasteiger partial charge in [0.1, 0.15) is 5.52 Å². The van der Waals surface area contributed by atoms with Gasteiger partial charge in [0.05, 0.1) is 34.1 Å². The average molecular weight is 469 g/mol. The number of hydrogen-bond donors (Lipinski definition) is 0. The zero-order valence-corrected chi connectivity index (χ0v) is 19.5. The second-order valence-electron chi connectivity index (χ2n) is 10.6. The lowest BCUT2D eigenvalue weighted by atomic mass is 9.34.